The van der Waals surface area contributed by atoms with Crippen LogP contribution in [-0.4, -0.2) is 42.2 Å². The van der Waals surface area contributed by atoms with Gasteiger partial charge < -0.3 is 10.1 Å². The summed E-state index contributed by atoms with van der Waals surface area (Å²) in [7, 11) is 1.30. The highest BCUT2D eigenvalue weighted by atomic mass is 16.5. The first-order chi connectivity index (χ1) is 13.5. The Morgan fingerprint density at radius 3 is 2.29 bits per heavy atom. The molecule has 1 aromatic rings. The number of nitrogens with zero attached hydrogens (tertiary/aromatic N) is 1. The number of methoxy groups -OCH3 is 1. The molecular weight excluding hydrogens is 360 g/mol. The van der Waals surface area contributed by atoms with Crippen molar-refractivity contribution in [3.8, 4) is 0 Å². The third-order valence-electron chi connectivity index (χ3n) is 5.63. The topological polar surface area (TPSA) is 92.8 Å². The molecule has 3 amide bonds. The second kappa shape index (κ2) is 8.99. The first-order valence-corrected chi connectivity index (χ1v) is 9.77. The zero-order chi connectivity index (χ0) is 20.1. The number of nitrogens with one attached hydrogen (secondary N) is 1. The van der Waals surface area contributed by atoms with E-state index in [9.17, 15) is 19.2 Å². The second-order valence-electron chi connectivity index (χ2n) is 7.39. The van der Waals surface area contributed by atoms with Crippen molar-refractivity contribution in [2.24, 2.45) is 11.8 Å². The summed E-state index contributed by atoms with van der Waals surface area (Å²) in [4.78, 5) is 50.4. The van der Waals surface area contributed by atoms with Crippen LogP contribution in [0.1, 0.15) is 50.1 Å². The van der Waals surface area contributed by atoms with Crippen molar-refractivity contribution < 1.29 is 23.9 Å². The SMILES string of the molecule is COC(=O)CC(NC(=O)CCN1C(=O)C2CCCCC2C1=O)c1ccccc1. The highest BCUT2D eigenvalue weighted by Gasteiger charge is 2.47. The van der Waals surface area contributed by atoms with Crippen molar-refractivity contribution in [3.63, 3.8) is 0 Å². The average molecular weight is 386 g/mol. The lowest BCUT2D eigenvalue weighted by Crippen LogP contribution is -2.37. The van der Waals surface area contributed by atoms with Gasteiger partial charge in [-0.1, -0.05) is 43.2 Å². The van der Waals surface area contributed by atoms with E-state index in [1.165, 1.54) is 12.0 Å². The summed E-state index contributed by atoms with van der Waals surface area (Å²) in [5.74, 6) is -1.44. The standard InChI is InChI=1S/C21H26N2O5/c1-28-19(25)13-17(14-7-3-2-4-8-14)22-18(24)11-12-23-20(26)15-9-5-6-10-16(15)21(23)27/h2-4,7-8,15-17H,5-6,9-13H2,1H3,(H,22,24). The minimum Gasteiger partial charge on any atom is -0.469 e. The van der Waals surface area contributed by atoms with Gasteiger partial charge in [0.05, 0.1) is 31.4 Å². The summed E-state index contributed by atoms with van der Waals surface area (Å²) >= 11 is 0. The van der Waals surface area contributed by atoms with Crippen LogP contribution in [0.4, 0.5) is 0 Å². The molecular formula is C21H26N2O5. The van der Waals surface area contributed by atoms with E-state index < -0.39 is 12.0 Å². The van der Waals surface area contributed by atoms with Gasteiger partial charge in [-0.3, -0.25) is 24.1 Å². The van der Waals surface area contributed by atoms with Gasteiger partial charge in [0.15, 0.2) is 0 Å². The van der Waals surface area contributed by atoms with Crippen molar-refractivity contribution >= 4 is 23.7 Å². The average Bonchev–Trinajstić information content (AvgIpc) is 2.97. The van der Waals surface area contributed by atoms with E-state index in [0.717, 1.165) is 31.2 Å². The molecule has 2 fully saturated rings. The number of fused-ring (bicyclic) bond motifs is 1. The van der Waals surface area contributed by atoms with Crippen molar-refractivity contribution in [3.05, 3.63) is 35.9 Å². The van der Waals surface area contributed by atoms with Crippen molar-refractivity contribution in [2.75, 3.05) is 13.7 Å². The number of hydrogen-bond acceptors (Lipinski definition) is 5. The van der Waals surface area contributed by atoms with Gasteiger partial charge in [-0.2, -0.15) is 0 Å². The monoisotopic (exact) mass is 386 g/mol. The Kier molecular flexibility index (Phi) is 6.44. The quantitative estimate of drug-likeness (QED) is 0.571. The van der Waals surface area contributed by atoms with Crippen LogP contribution in [0, 0.1) is 11.8 Å². The molecule has 1 N–H and O–H groups in total. The molecule has 1 aliphatic carbocycles. The number of ether oxygens (including phenoxy) is 1. The van der Waals surface area contributed by atoms with E-state index in [1.807, 2.05) is 30.3 Å². The van der Waals surface area contributed by atoms with Gasteiger partial charge >= 0.3 is 5.97 Å². The number of hydrogen-bond donors (Lipinski definition) is 1. The van der Waals surface area contributed by atoms with Gasteiger partial charge in [0.1, 0.15) is 0 Å². The van der Waals surface area contributed by atoms with Crippen molar-refractivity contribution in [1.82, 2.24) is 10.2 Å². The number of benzene rings is 1. The number of carbonyl (C=O) groups excluding carboxylic acids is 4. The lowest BCUT2D eigenvalue weighted by Gasteiger charge is -2.19. The summed E-state index contributed by atoms with van der Waals surface area (Å²) < 4.78 is 4.72. The summed E-state index contributed by atoms with van der Waals surface area (Å²) in [5, 5.41) is 2.83. The molecule has 0 spiro atoms. The molecule has 0 aromatic heterocycles. The van der Waals surface area contributed by atoms with E-state index in [4.69, 9.17) is 4.74 Å². The number of rotatable bonds is 7. The van der Waals surface area contributed by atoms with Crippen LogP contribution in [0.5, 0.6) is 0 Å². The molecule has 0 bridgehead atoms. The van der Waals surface area contributed by atoms with E-state index in [1.54, 1.807) is 0 Å². The Hall–Kier alpha value is -2.70. The van der Waals surface area contributed by atoms with Crippen LogP contribution in [0.2, 0.25) is 0 Å². The zero-order valence-electron chi connectivity index (χ0n) is 16.1. The molecule has 7 heteroatoms. The molecule has 3 atom stereocenters. The van der Waals surface area contributed by atoms with Crippen LogP contribution >= 0.6 is 0 Å². The van der Waals surface area contributed by atoms with Crippen LogP contribution in [0.25, 0.3) is 0 Å². The molecule has 1 saturated carbocycles. The van der Waals surface area contributed by atoms with Crippen LogP contribution < -0.4 is 5.32 Å². The molecule has 28 heavy (non-hydrogen) atoms. The maximum Gasteiger partial charge on any atom is 0.307 e. The van der Waals surface area contributed by atoms with Crippen molar-refractivity contribution in [2.45, 2.75) is 44.6 Å². The van der Waals surface area contributed by atoms with Crippen LogP contribution in [0.15, 0.2) is 30.3 Å². The number of carbonyl (C=O) groups is 4. The lowest BCUT2D eigenvalue weighted by atomic mass is 9.81. The van der Waals surface area contributed by atoms with Gasteiger partial charge in [0.2, 0.25) is 17.7 Å². The third kappa shape index (κ3) is 4.40. The Balaban J connectivity index is 1.59. The number of imide groups is 1. The van der Waals surface area contributed by atoms with E-state index >= 15 is 0 Å². The Bertz CT molecular complexity index is 724. The molecule has 0 radical (unpaired) electrons. The maximum absolute atomic E-state index is 12.5. The van der Waals surface area contributed by atoms with Gasteiger partial charge in [0, 0.05) is 13.0 Å². The highest BCUT2D eigenvalue weighted by Crippen LogP contribution is 2.37. The predicted octanol–water partition coefficient (Wildman–Crippen LogP) is 1.97. The van der Waals surface area contributed by atoms with E-state index in [-0.39, 0.29) is 48.9 Å². The number of esters is 1. The minimum atomic E-state index is -0.520. The van der Waals surface area contributed by atoms with Crippen LogP contribution in [0.3, 0.4) is 0 Å². The summed E-state index contributed by atoms with van der Waals surface area (Å²) in [6.45, 7) is 0.0796. The fourth-order valence-electron chi connectivity index (χ4n) is 4.12. The van der Waals surface area contributed by atoms with E-state index in [0.29, 0.717) is 0 Å². The molecule has 3 rings (SSSR count). The van der Waals surface area contributed by atoms with E-state index in [2.05, 4.69) is 5.32 Å². The summed E-state index contributed by atoms with van der Waals surface area (Å²) in [6, 6.07) is 8.64. The molecule has 150 valence electrons. The Labute approximate surface area is 164 Å². The molecule has 1 aliphatic heterocycles. The third-order valence-corrected chi connectivity index (χ3v) is 5.63. The Morgan fingerprint density at radius 2 is 1.71 bits per heavy atom. The first-order valence-electron chi connectivity index (χ1n) is 9.77. The smallest absolute Gasteiger partial charge is 0.307 e. The fourth-order valence-corrected chi connectivity index (χ4v) is 4.12. The van der Waals surface area contributed by atoms with Gasteiger partial charge in [-0.15, -0.1) is 0 Å². The molecule has 3 unspecified atom stereocenters. The molecule has 1 heterocycles. The molecule has 1 aromatic carbocycles. The second-order valence-corrected chi connectivity index (χ2v) is 7.39. The minimum absolute atomic E-state index is 0.0119. The fraction of sp³-hybridized carbons (Fsp3) is 0.524. The molecule has 2 aliphatic rings. The number of likely N-dealkylation sites (tertiary alicyclic amines) is 1. The molecule has 7 nitrogen and oxygen atoms in total. The van der Waals surface area contributed by atoms with Gasteiger partial charge in [0.25, 0.3) is 0 Å². The lowest BCUT2D eigenvalue weighted by molar-refractivity contribution is -0.141. The predicted molar refractivity (Wildman–Crippen MR) is 101 cm³/mol. The van der Waals surface area contributed by atoms with Crippen molar-refractivity contribution in [1.29, 1.82) is 0 Å². The normalized spacial score (nSPS) is 22.5. The highest BCUT2D eigenvalue weighted by molar-refractivity contribution is 6.05. The van der Waals surface area contributed by atoms with Gasteiger partial charge in [-0.05, 0) is 18.4 Å². The van der Waals surface area contributed by atoms with Crippen LogP contribution in [-0.2, 0) is 23.9 Å². The maximum atomic E-state index is 12.5. The largest absolute Gasteiger partial charge is 0.469 e. The number of amides is 3. The molecule has 1 saturated heterocycles. The first kappa shape index (κ1) is 20.0. The summed E-state index contributed by atoms with van der Waals surface area (Å²) in [6.07, 6.45) is 3.49. The Morgan fingerprint density at radius 1 is 1.11 bits per heavy atom. The summed E-state index contributed by atoms with van der Waals surface area (Å²) in [5.41, 5.74) is 0.792. The zero-order valence-corrected chi connectivity index (χ0v) is 16.1. The van der Waals surface area contributed by atoms with Gasteiger partial charge in [-0.25, -0.2) is 0 Å².